The van der Waals surface area contributed by atoms with Gasteiger partial charge >= 0.3 is 6.03 Å². The summed E-state index contributed by atoms with van der Waals surface area (Å²) in [6.45, 7) is 7.38. The maximum atomic E-state index is 12.3. The first kappa shape index (κ1) is 26.6. The van der Waals surface area contributed by atoms with E-state index in [0.29, 0.717) is 41.2 Å². The van der Waals surface area contributed by atoms with Crippen molar-refractivity contribution < 1.29 is 19.0 Å². The molecule has 2 bridgehead atoms. The van der Waals surface area contributed by atoms with Gasteiger partial charge in [-0.3, -0.25) is 0 Å². The van der Waals surface area contributed by atoms with Gasteiger partial charge in [0.25, 0.3) is 0 Å². The number of nitrogens with zero attached hydrogens (tertiary/aromatic N) is 3. The standard InChI is InChI=1S/C29H38N4O4/c1-4-31-29(34)33-19-22-14-23(20-33)18-32(17-22)13-5-6-26(24-9-7-21(16-30)8-10-24)37-25-11-12-27(35-2)28(15-25)36-3/h7-12,15,22-23,26H,4-6,13-14,17-20H2,1-3H3,(H,31,34). The van der Waals surface area contributed by atoms with Crippen LogP contribution in [0.15, 0.2) is 42.5 Å². The predicted octanol–water partition coefficient (Wildman–Crippen LogP) is 4.46. The van der Waals surface area contributed by atoms with Crippen molar-refractivity contribution in [3.63, 3.8) is 0 Å². The molecule has 3 unspecified atom stereocenters. The van der Waals surface area contributed by atoms with Crippen LogP contribution in [0.1, 0.15) is 43.4 Å². The highest BCUT2D eigenvalue weighted by Crippen LogP contribution is 2.35. The number of fused-ring (bicyclic) bond motifs is 2. The van der Waals surface area contributed by atoms with E-state index in [1.165, 1.54) is 6.42 Å². The lowest BCUT2D eigenvalue weighted by molar-refractivity contribution is 0.0442. The Kier molecular flexibility index (Phi) is 9.13. The molecule has 0 saturated carbocycles. The van der Waals surface area contributed by atoms with E-state index in [9.17, 15) is 10.1 Å². The lowest BCUT2D eigenvalue weighted by Gasteiger charge is -2.45. The zero-order valence-corrected chi connectivity index (χ0v) is 22.1. The van der Waals surface area contributed by atoms with E-state index in [1.54, 1.807) is 14.2 Å². The number of carbonyl (C=O) groups is 1. The first-order valence-electron chi connectivity index (χ1n) is 13.2. The summed E-state index contributed by atoms with van der Waals surface area (Å²) in [5.41, 5.74) is 1.68. The minimum absolute atomic E-state index is 0.0724. The van der Waals surface area contributed by atoms with E-state index in [4.69, 9.17) is 14.2 Å². The molecule has 37 heavy (non-hydrogen) atoms. The van der Waals surface area contributed by atoms with E-state index in [2.05, 4.69) is 16.3 Å². The Balaban J connectivity index is 1.38. The van der Waals surface area contributed by atoms with E-state index in [1.807, 2.05) is 54.3 Å². The van der Waals surface area contributed by atoms with E-state index >= 15 is 0 Å². The molecular weight excluding hydrogens is 468 g/mol. The van der Waals surface area contributed by atoms with Crippen LogP contribution in [-0.4, -0.2) is 69.3 Å². The van der Waals surface area contributed by atoms with Gasteiger partial charge in [-0.1, -0.05) is 12.1 Å². The maximum Gasteiger partial charge on any atom is 0.317 e. The Morgan fingerprint density at radius 2 is 1.76 bits per heavy atom. The molecule has 3 atom stereocenters. The van der Waals surface area contributed by atoms with Gasteiger partial charge in [0.05, 0.1) is 25.9 Å². The number of likely N-dealkylation sites (tertiary alicyclic amines) is 2. The van der Waals surface area contributed by atoms with Crippen LogP contribution in [0, 0.1) is 23.2 Å². The van der Waals surface area contributed by atoms with Gasteiger partial charge in [0.1, 0.15) is 11.9 Å². The van der Waals surface area contributed by atoms with Crippen molar-refractivity contribution in [2.24, 2.45) is 11.8 Å². The maximum absolute atomic E-state index is 12.3. The molecule has 8 nitrogen and oxygen atoms in total. The number of rotatable bonds is 10. The molecule has 2 amide bonds. The van der Waals surface area contributed by atoms with Crippen molar-refractivity contribution in [2.45, 2.75) is 32.3 Å². The van der Waals surface area contributed by atoms with Gasteiger partial charge in [0, 0.05) is 38.8 Å². The number of methoxy groups -OCH3 is 2. The Morgan fingerprint density at radius 3 is 2.38 bits per heavy atom. The number of nitriles is 1. The number of hydrogen-bond donors (Lipinski definition) is 1. The molecule has 198 valence electrons. The summed E-state index contributed by atoms with van der Waals surface area (Å²) < 4.78 is 17.3. The second-order valence-corrected chi connectivity index (χ2v) is 9.97. The molecule has 0 aromatic heterocycles. The van der Waals surface area contributed by atoms with Crippen LogP contribution in [0.25, 0.3) is 0 Å². The van der Waals surface area contributed by atoms with Crippen LogP contribution in [0.5, 0.6) is 17.2 Å². The second-order valence-electron chi connectivity index (χ2n) is 9.97. The highest BCUT2D eigenvalue weighted by Gasteiger charge is 2.35. The molecule has 0 spiro atoms. The minimum atomic E-state index is -0.150. The van der Waals surface area contributed by atoms with Crippen LogP contribution in [0.2, 0.25) is 0 Å². The zero-order valence-electron chi connectivity index (χ0n) is 22.1. The van der Waals surface area contributed by atoms with Crippen molar-refractivity contribution in [3.8, 4) is 23.3 Å². The van der Waals surface area contributed by atoms with Crippen molar-refractivity contribution in [1.82, 2.24) is 15.1 Å². The van der Waals surface area contributed by atoms with E-state index in [-0.39, 0.29) is 12.1 Å². The molecule has 1 N–H and O–H groups in total. The fraction of sp³-hybridized carbons (Fsp3) is 0.517. The van der Waals surface area contributed by atoms with Gasteiger partial charge in [-0.2, -0.15) is 5.26 Å². The molecule has 0 aliphatic carbocycles. The summed E-state index contributed by atoms with van der Waals surface area (Å²) in [5.74, 6) is 3.07. The smallest absolute Gasteiger partial charge is 0.317 e. The third kappa shape index (κ3) is 6.86. The zero-order chi connectivity index (χ0) is 26.2. The van der Waals surface area contributed by atoms with Gasteiger partial charge in [-0.25, -0.2) is 4.79 Å². The number of piperidine rings is 2. The number of ether oxygens (including phenoxy) is 3. The lowest BCUT2D eigenvalue weighted by Crippen LogP contribution is -2.56. The normalized spacial score (nSPS) is 20.0. The molecule has 2 aromatic rings. The predicted molar refractivity (Wildman–Crippen MR) is 142 cm³/mol. The molecular formula is C29H38N4O4. The topological polar surface area (TPSA) is 87.1 Å². The van der Waals surface area contributed by atoms with Crippen LogP contribution in [-0.2, 0) is 0 Å². The summed E-state index contributed by atoms with van der Waals surface area (Å²) in [7, 11) is 3.23. The third-order valence-electron chi connectivity index (χ3n) is 7.26. The van der Waals surface area contributed by atoms with Crippen molar-refractivity contribution in [2.75, 3.05) is 53.5 Å². The lowest BCUT2D eigenvalue weighted by atomic mass is 9.84. The van der Waals surface area contributed by atoms with E-state index < -0.39 is 0 Å². The molecule has 2 saturated heterocycles. The molecule has 2 aliphatic heterocycles. The van der Waals surface area contributed by atoms with Crippen molar-refractivity contribution in [1.29, 1.82) is 5.26 Å². The Labute approximate surface area is 220 Å². The fourth-order valence-electron chi connectivity index (χ4n) is 5.62. The third-order valence-corrected chi connectivity index (χ3v) is 7.26. The quantitative estimate of drug-likeness (QED) is 0.512. The monoisotopic (exact) mass is 506 g/mol. The number of benzene rings is 2. The van der Waals surface area contributed by atoms with Crippen LogP contribution in [0.4, 0.5) is 4.79 Å². The Morgan fingerprint density at radius 1 is 1.05 bits per heavy atom. The summed E-state index contributed by atoms with van der Waals surface area (Å²) in [6.07, 6.45) is 2.89. The second kappa shape index (κ2) is 12.7. The first-order chi connectivity index (χ1) is 18.0. The van der Waals surface area contributed by atoms with Gasteiger partial charge in [0.2, 0.25) is 0 Å². The van der Waals surface area contributed by atoms with Crippen LogP contribution < -0.4 is 19.5 Å². The molecule has 0 radical (unpaired) electrons. The number of hydrogen-bond acceptors (Lipinski definition) is 6. The molecule has 2 heterocycles. The summed E-state index contributed by atoms with van der Waals surface area (Å²) in [5, 5.41) is 12.1. The molecule has 4 rings (SSSR count). The molecule has 2 aliphatic rings. The number of urea groups is 1. The fourth-order valence-corrected chi connectivity index (χ4v) is 5.62. The summed E-state index contributed by atoms with van der Waals surface area (Å²) >= 11 is 0. The van der Waals surface area contributed by atoms with E-state index in [0.717, 1.165) is 51.1 Å². The van der Waals surface area contributed by atoms with Crippen molar-refractivity contribution in [3.05, 3.63) is 53.6 Å². The summed E-state index contributed by atoms with van der Waals surface area (Å²) in [6, 6.07) is 15.5. The Bertz CT molecular complexity index is 1070. The highest BCUT2D eigenvalue weighted by atomic mass is 16.5. The SMILES string of the molecule is CCNC(=O)N1CC2CC(CN(CCCC(Oc3ccc(OC)c(OC)c3)c3ccc(C#N)cc3)C2)C1. The van der Waals surface area contributed by atoms with Crippen LogP contribution in [0.3, 0.4) is 0 Å². The first-order valence-corrected chi connectivity index (χ1v) is 13.2. The van der Waals surface area contributed by atoms with Gasteiger partial charge < -0.3 is 29.3 Å². The van der Waals surface area contributed by atoms with Crippen LogP contribution >= 0.6 is 0 Å². The number of nitrogens with one attached hydrogen (secondary N) is 1. The number of carbonyl (C=O) groups excluding carboxylic acids is 1. The Hall–Kier alpha value is -3.44. The molecule has 8 heteroatoms. The average Bonchev–Trinajstić information content (AvgIpc) is 2.92. The largest absolute Gasteiger partial charge is 0.493 e. The molecule has 2 aromatic carbocycles. The highest BCUT2D eigenvalue weighted by molar-refractivity contribution is 5.74. The minimum Gasteiger partial charge on any atom is -0.493 e. The summed E-state index contributed by atoms with van der Waals surface area (Å²) in [4.78, 5) is 16.9. The van der Waals surface area contributed by atoms with Gasteiger partial charge in [0.15, 0.2) is 11.5 Å². The van der Waals surface area contributed by atoms with Gasteiger partial charge in [-0.05, 0) is 74.4 Å². The number of amides is 2. The van der Waals surface area contributed by atoms with Crippen molar-refractivity contribution >= 4 is 6.03 Å². The average molecular weight is 507 g/mol. The molecule has 2 fully saturated rings. The van der Waals surface area contributed by atoms with Gasteiger partial charge in [-0.15, -0.1) is 0 Å².